The van der Waals surface area contributed by atoms with Crippen LogP contribution in [0.1, 0.15) is 18.9 Å². The second-order valence-corrected chi connectivity index (χ2v) is 7.61. The molecule has 28 heavy (non-hydrogen) atoms. The number of aliphatic hydroxyl groups excluding tert-OH is 1. The first-order valence-corrected chi connectivity index (χ1v) is 9.85. The summed E-state index contributed by atoms with van der Waals surface area (Å²) < 4.78 is 33.2. The lowest BCUT2D eigenvalue weighted by Crippen LogP contribution is -2.56. The molecular formula is C20H29F2N3O3. The summed E-state index contributed by atoms with van der Waals surface area (Å²) in [5.74, 6) is -3.16. The van der Waals surface area contributed by atoms with Crippen LogP contribution in [0.15, 0.2) is 30.3 Å². The third kappa shape index (κ3) is 5.18. The Morgan fingerprint density at radius 2 is 2.07 bits per heavy atom. The van der Waals surface area contributed by atoms with Gasteiger partial charge in [-0.3, -0.25) is 4.90 Å². The van der Waals surface area contributed by atoms with Crippen molar-refractivity contribution in [1.29, 1.82) is 0 Å². The van der Waals surface area contributed by atoms with Crippen LogP contribution in [0.2, 0.25) is 0 Å². The summed E-state index contributed by atoms with van der Waals surface area (Å²) in [5.41, 5.74) is 1.22. The Hall–Kier alpha value is -1.77. The molecule has 2 amide bonds. The maximum absolute atomic E-state index is 13.7. The second-order valence-electron chi connectivity index (χ2n) is 7.61. The molecular weight excluding hydrogens is 368 g/mol. The van der Waals surface area contributed by atoms with E-state index in [1.165, 1.54) is 5.56 Å². The third-order valence-electron chi connectivity index (χ3n) is 5.45. The van der Waals surface area contributed by atoms with Gasteiger partial charge in [0, 0.05) is 45.2 Å². The zero-order valence-electron chi connectivity index (χ0n) is 16.2. The Balaban J connectivity index is 1.52. The van der Waals surface area contributed by atoms with Crippen LogP contribution in [0.5, 0.6) is 0 Å². The topological polar surface area (TPSA) is 65.0 Å². The predicted octanol–water partition coefficient (Wildman–Crippen LogP) is 1.93. The molecule has 2 saturated heterocycles. The van der Waals surface area contributed by atoms with Crippen molar-refractivity contribution in [3.63, 3.8) is 0 Å². The smallest absolute Gasteiger partial charge is 0.317 e. The number of urea groups is 1. The van der Waals surface area contributed by atoms with Gasteiger partial charge in [0.15, 0.2) is 0 Å². The summed E-state index contributed by atoms with van der Waals surface area (Å²) in [7, 11) is 0. The molecule has 2 heterocycles. The van der Waals surface area contributed by atoms with Crippen molar-refractivity contribution in [3.05, 3.63) is 35.9 Å². The molecule has 0 saturated carbocycles. The molecule has 3 rings (SSSR count). The van der Waals surface area contributed by atoms with E-state index in [-0.39, 0.29) is 25.0 Å². The lowest BCUT2D eigenvalue weighted by Gasteiger charge is -2.36. The maximum Gasteiger partial charge on any atom is 0.317 e. The average Bonchev–Trinajstić information content (AvgIpc) is 3.04. The summed E-state index contributed by atoms with van der Waals surface area (Å²) in [5, 5.41) is 12.1. The first-order chi connectivity index (χ1) is 13.4. The van der Waals surface area contributed by atoms with Crippen LogP contribution < -0.4 is 5.32 Å². The monoisotopic (exact) mass is 397 g/mol. The van der Waals surface area contributed by atoms with E-state index in [2.05, 4.69) is 22.3 Å². The molecule has 1 aromatic carbocycles. The zero-order valence-corrected chi connectivity index (χ0v) is 16.2. The minimum Gasteiger partial charge on any atom is -0.387 e. The molecule has 2 aliphatic heterocycles. The highest BCUT2D eigenvalue weighted by Crippen LogP contribution is 2.27. The number of halogens is 2. The van der Waals surface area contributed by atoms with Gasteiger partial charge in [0.25, 0.3) is 5.92 Å². The number of hydrogen-bond acceptors (Lipinski definition) is 4. The number of hydrogen-bond donors (Lipinski definition) is 2. The van der Waals surface area contributed by atoms with Crippen molar-refractivity contribution in [2.75, 3.05) is 39.3 Å². The van der Waals surface area contributed by atoms with Gasteiger partial charge >= 0.3 is 6.03 Å². The largest absolute Gasteiger partial charge is 0.387 e. The number of alkyl halides is 2. The van der Waals surface area contributed by atoms with Gasteiger partial charge in [0.2, 0.25) is 0 Å². The van der Waals surface area contributed by atoms with Crippen LogP contribution in [-0.2, 0) is 11.3 Å². The molecule has 3 atom stereocenters. The molecule has 6 nitrogen and oxygen atoms in total. The van der Waals surface area contributed by atoms with E-state index in [0.29, 0.717) is 13.2 Å². The fraction of sp³-hybridized carbons (Fsp3) is 0.650. The number of piperidine rings is 1. The summed E-state index contributed by atoms with van der Waals surface area (Å²) in [4.78, 5) is 15.7. The molecule has 2 fully saturated rings. The third-order valence-corrected chi connectivity index (χ3v) is 5.45. The molecule has 2 N–H and O–H groups in total. The lowest BCUT2D eigenvalue weighted by molar-refractivity contribution is -0.141. The molecule has 1 unspecified atom stereocenters. The second kappa shape index (κ2) is 9.15. The minimum atomic E-state index is -3.26. The van der Waals surface area contributed by atoms with E-state index in [1.807, 2.05) is 25.1 Å². The van der Waals surface area contributed by atoms with Crippen molar-refractivity contribution >= 4 is 6.03 Å². The SMILES string of the molecule is CCO[C@@H]1CN(Cc2ccccc2)C[C@H]1CNC(=O)N1CCC(O)C(F)(F)C1. The van der Waals surface area contributed by atoms with E-state index in [4.69, 9.17) is 4.74 Å². The Labute approximate surface area is 164 Å². The standard InChI is InChI=1S/C20H29F2N3O3/c1-2-28-17-13-24(11-15-6-4-3-5-7-15)12-16(17)10-23-19(27)25-9-8-18(26)20(21,22)14-25/h3-7,16-18,26H,2,8-14H2,1H3,(H,23,27)/t16-,17-,18?/m1/s1. The first-order valence-electron chi connectivity index (χ1n) is 9.85. The van der Waals surface area contributed by atoms with Crippen molar-refractivity contribution in [2.24, 2.45) is 5.92 Å². The van der Waals surface area contributed by atoms with Crippen LogP contribution in [0.4, 0.5) is 13.6 Å². The van der Waals surface area contributed by atoms with Crippen molar-refractivity contribution in [2.45, 2.75) is 38.0 Å². The van der Waals surface area contributed by atoms with Gasteiger partial charge in [-0.05, 0) is 18.9 Å². The molecule has 0 spiro atoms. The van der Waals surface area contributed by atoms with E-state index in [1.54, 1.807) is 0 Å². The number of amides is 2. The lowest BCUT2D eigenvalue weighted by atomic mass is 10.0. The fourth-order valence-electron chi connectivity index (χ4n) is 3.93. The molecule has 2 aliphatic rings. The Bertz CT molecular complexity index is 647. The van der Waals surface area contributed by atoms with Gasteiger partial charge in [-0.1, -0.05) is 30.3 Å². The minimum absolute atomic E-state index is 0.00127. The summed E-state index contributed by atoms with van der Waals surface area (Å²) in [6.07, 6.45) is -1.80. The van der Waals surface area contributed by atoms with Gasteiger partial charge in [0.05, 0.1) is 12.6 Å². The van der Waals surface area contributed by atoms with Crippen LogP contribution in [0, 0.1) is 5.92 Å². The van der Waals surface area contributed by atoms with E-state index in [0.717, 1.165) is 24.5 Å². The van der Waals surface area contributed by atoms with Gasteiger partial charge in [-0.15, -0.1) is 0 Å². The van der Waals surface area contributed by atoms with Crippen molar-refractivity contribution in [3.8, 4) is 0 Å². The first kappa shape index (κ1) is 21.0. The average molecular weight is 397 g/mol. The molecule has 1 aromatic rings. The number of nitrogens with zero attached hydrogens (tertiary/aromatic N) is 2. The van der Waals surface area contributed by atoms with E-state index in [9.17, 15) is 18.7 Å². The number of benzene rings is 1. The number of rotatable bonds is 6. The van der Waals surface area contributed by atoms with Crippen LogP contribution >= 0.6 is 0 Å². The number of nitrogens with one attached hydrogen (secondary N) is 1. The van der Waals surface area contributed by atoms with E-state index < -0.39 is 24.6 Å². The molecule has 0 aliphatic carbocycles. The fourth-order valence-corrected chi connectivity index (χ4v) is 3.93. The zero-order chi connectivity index (χ0) is 20.1. The Morgan fingerprint density at radius 1 is 1.32 bits per heavy atom. The molecule has 0 bridgehead atoms. The van der Waals surface area contributed by atoms with Gasteiger partial charge in [-0.25, -0.2) is 13.6 Å². The van der Waals surface area contributed by atoms with Gasteiger partial charge in [0.1, 0.15) is 6.10 Å². The normalized spacial score (nSPS) is 27.7. The van der Waals surface area contributed by atoms with Crippen LogP contribution in [-0.4, -0.2) is 78.4 Å². The highest BCUT2D eigenvalue weighted by molar-refractivity contribution is 5.74. The predicted molar refractivity (Wildman–Crippen MR) is 101 cm³/mol. The molecule has 0 radical (unpaired) electrons. The highest BCUT2D eigenvalue weighted by Gasteiger charge is 2.45. The molecule has 156 valence electrons. The Morgan fingerprint density at radius 3 is 2.75 bits per heavy atom. The number of carbonyl (C=O) groups excluding carboxylic acids is 1. The molecule has 8 heteroatoms. The summed E-state index contributed by atoms with van der Waals surface area (Å²) in [6, 6.07) is 9.65. The quantitative estimate of drug-likeness (QED) is 0.770. The number of aliphatic hydroxyl groups is 1. The van der Waals surface area contributed by atoms with Crippen LogP contribution in [0.25, 0.3) is 0 Å². The number of likely N-dealkylation sites (tertiary alicyclic amines) is 2. The van der Waals surface area contributed by atoms with Crippen molar-refractivity contribution in [1.82, 2.24) is 15.1 Å². The molecule has 0 aromatic heterocycles. The summed E-state index contributed by atoms with van der Waals surface area (Å²) >= 11 is 0. The summed E-state index contributed by atoms with van der Waals surface area (Å²) in [6.45, 7) is 4.64. The van der Waals surface area contributed by atoms with Gasteiger partial charge in [-0.2, -0.15) is 0 Å². The van der Waals surface area contributed by atoms with Crippen LogP contribution in [0.3, 0.4) is 0 Å². The van der Waals surface area contributed by atoms with Gasteiger partial charge < -0.3 is 20.1 Å². The maximum atomic E-state index is 13.7. The van der Waals surface area contributed by atoms with Crippen molar-refractivity contribution < 1.29 is 23.4 Å². The van der Waals surface area contributed by atoms with E-state index >= 15 is 0 Å². The Kier molecular flexibility index (Phi) is 6.85. The number of carbonyl (C=O) groups is 1. The number of ether oxygens (including phenoxy) is 1. The highest BCUT2D eigenvalue weighted by atomic mass is 19.3.